The first-order valence-corrected chi connectivity index (χ1v) is 9.16. The van der Waals surface area contributed by atoms with Gasteiger partial charge in [-0.25, -0.2) is 0 Å². The number of nitrogens with one attached hydrogen (secondary N) is 1. The van der Waals surface area contributed by atoms with Crippen molar-refractivity contribution < 1.29 is 14.4 Å². The highest BCUT2D eigenvalue weighted by atomic mass is 32.2. The van der Waals surface area contributed by atoms with Crippen molar-refractivity contribution in [1.82, 2.24) is 10.2 Å². The largest absolute Gasteiger partial charge is 0.354 e. The second kappa shape index (κ2) is 7.98. The molecule has 128 valence electrons. The Balaban J connectivity index is 1.41. The highest BCUT2D eigenvalue weighted by Gasteiger charge is 2.36. The Bertz CT molecular complexity index is 757. The Morgan fingerprint density at radius 3 is 2.16 bits per heavy atom. The SMILES string of the molecule is O=C(CN1C(=O)c2ccccc2C1=O)NCCSCc1ccccc1. The Labute approximate surface area is 150 Å². The minimum Gasteiger partial charge on any atom is -0.354 e. The van der Waals surface area contributed by atoms with Crippen LogP contribution >= 0.6 is 11.8 Å². The van der Waals surface area contributed by atoms with Crippen LogP contribution in [0.15, 0.2) is 54.6 Å². The molecule has 25 heavy (non-hydrogen) atoms. The van der Waals surface area contributed by atoms with Gasteiger partial charge in [0, 0.05) is 18.1 Å². The van der Waals surface area contributed by atoms with E-state index in [-0.39, 0.29) is 12.5 Å². The Kier molecular flexibility index (Phi) is 5.50. The quantitative estimate of drug-likeness (QED) is 0.612. The Hall–Kier alpha value is -2.60. The molecule has 2 aromatic carbocycles. The van der Waals surface area contributed by atoms with Crippen LogP contribution in [-0.4, -0.2) is 41.5 Å². The molecule has 3 amide bonds. The van der Waals surface area contributed by atoms with Gasteiger partial charge < -0.3 is 5.32 Å². The van der Waals surface area contributed by atoms with Gasteiger partial charge in [0.2, 0.25) is 5.91 Å². The van der Waals surface area contributed by atoms with Crippen molar-refractivity contribution in [3.63, 3.8) is 0 Å². The van der Waals surface area contributed by atoms with Gasteiger partial charge in [0.25, 0.3) is 11.8 Å². The molecule has 0 saturated heterocycles. The van der Waals surface area contributed by atoms with E-state index in [0.717, 1.165) is 16.4 Å². The molecule has 0 bridgehead atoms. The molecule has 1 aliphatic heterocycles. The van der Waals surface area contributed by atoms with Gasteiger partial charge in [0.1, 0.15) is 6.54 Å². The number of fused-ring (bicyclic) bond motifs is 1. The van der Waals surface area contributed by atoms with Gasteiger partial charge in [-0.15, -0.1) is 0 Å². The highest BCUT2D eigenvalue weighted by molar-refractivity contribution is 7.98. The third-order valence-electron chi connectivity index (χ3n) is 3.86. The molecule has 5 nitrogen and oxygen atoms in total. The standard InChI is InChI=1S/C19H18N2O3S/c22-17(20-10-11-25-13-14-6-2-1-3-7-14)12-21-18(23)15-8-4-5-9-16(15)19(21)24/h1-9H,10-13H2,(H,20,22). The second-order valence-electron chi connectivity index (χ2n) is 5.63. The smallest absolute Gasteiger partial charge is 0.262 e. The topological polar surface area (TPSA) is 66.5 Å². The maximum Gasteiger partial charge on any atom is 0.262 e. The Morgan fingerprint density at radius 2 is 1.52 bits per heavy atom. The lowest BCUT2D eigenvalue weighted by Crippen LogP contribution is -2.40. The molecular weight excluding hydrogens is 336 g/mol. The number of nitrogens with zero attached hydrogens (tertiary/aromatic N) is 1. The van der Waals surface area contributed by atoms with Gasteiger partial charge in [0.05, 0.1) is 11.1 Å². The zero-order valence-corrected chi connectivity index (χ0v) is 14.4. The van der Waals surface area contributed by atoms with Gasteiger partial charge in [-0.2, -0.15) is 11.8 Å². The van der Waals surface area contributed by atoms with Crippen molar-refractivity contribution in [2.24, 2.45) is 0 Å². The van der Waals surface area contributed by atoms with Gasteiger partial charge in [0.15, 0.2) is 0 Å². The summed E-state index contributed by atoms with van der Waals surface area (Å²) in [5.41, 5.74) is 1.96. The zero-order valence-electron chi connectivity index (χ0n) is 13.6. The molecule has 1 N–H and O–H groups in total. The van der Waals surface area contributed by atoms with E-state index in [0.29, 0.717) is 17.7 Å². The fourth-order valence-electron chi connectivity index (χ4n) is 2.61. The molecule has 0 saturated carbocycles. The van der Waals surface area contributed by atoms with Crippen molar-refractivity contribution in [2.45, 2.75) is 5.75 Å². The first-order chi connectivity index (χ1) is 12.2. The lowest BCUT2D eigenvalue weighted by atomic mass is 10.1. The normalized spacial score (nSPS) is 13.0. The number of thioether (sulfide) groups is 1. The van der Waals surface area contributed by atoms with E-state index in [2.05, 4.69) is 17.4 Å². The van der Waals surface area contributed by atoms with Crippen LogP contribution in [0, 0.1) is 0 Å². The molecule has 0 spiro atoms. The van der Waals surface area contributed by atoms with Crippen LogP contribution in [-0.2, 0) is 10.5 Å². The van der Waals surface area contributed by atoms with Gasteiger partial charge in [-0.1, -0.05) is 42.5 Å². The molecule has 0 fully saturated rings. The van der Waals surface area contributed by atoms with E-state index >= 15 is 0 Å². The maximum atomic E-state index is 12.2. The van der Waals surface area contributed by atoms with Crippen LogP contribution in [0.1, 0.15) is 26.3 Å². The van der Waals surface area contributed by atoms with E-state index in [4.69, 9.17) is 0 Å². The van der Waals surface area contributed by atoms with Crippen LogP contribution in [0.4, 0.5) is 0 Å². The molecule has 0 aromatic heterocycles. The number of amides is 3. The summed E-state index contributed by atoms with van der Waals surface area (Å²) < 4.78 is 0. The van der Waals surface area contributed by atoms with Crippen LogP contribution in [0.2, 0.25) is 0 Å². The van der Waals surface area contributed by atoms with Gasteiger partial charge >= 0.3 is 0 Å². The molecule has 0 radical (unpaired) electrons. The number of rotatable bonds is 7. The number of carbonyl (C=O) groups is 3. The molecule has 6 heteroatoms. The lowest BCUT2D eigenvalue weighted by Gasteiger charge is -2.13. The maximum absolute atomic E-state index is 12.2. The summed E-state index contributed by atoms with van der Waals surface area (Å²) in [6.07, 6.45) is 0. The number of hydrogen-bond donors (Lipinski definition) is 1. The van der Waals surface area contributed by atoms with Gasteiger partial charge in [-0.3, -0.25) is 19.3 Å². The van der Waals surface area contributed by atoms with Crippen molar-refractivity contribution in [1.29, 1.82) is 0 Å². The van der Waals surface area contributed by atoms with Crippen molar-refractivity contribution in [3.8, 4) is 0 Å². The van der Waals surface area contributed by atoms with E-state index < -0.39 is 11.8 Å². The molecule has 1 aliphatic rings. The van der Waals surface area contributed by atoms with E-state index in [9.17, 15) is 14.4 Å². The fraction of sp³-hybridized carbons (Fsp3) is 0.211. The lowest BCUT2D eigenvalue weighted by molar-refractivity contribution is -0.121. The molecule has 0 atom stereocenters. The first kappa shape index (κ1) is 17.2. The first-order valence-electron chi connectivity index (χ1n) is 8.00. The number of hydrogen-bond acceptors (Lipinski definition) is 4. The van der Waals surface area contributed by atoms with Crippen LogP contribution in [0.5, 0.6) is 0 Å². The molecule has 0 unspecified atom stereocenters. The highest BCUT2D eigenvalue weighted by Crippen LogP contribution is 2.21. The summed E-state index contributed by atoms with van der Waals surface area (Å²) in [7, 11) is 0. The monoisotopic (exact) mass is 354 g/mol. The minimum absolute atomic E-state index is 0.240. The van der Waals surface area contributed by atoms with Crippen molar-refractivity contribution in [2.75, 3.05) is 18.8 Å². The summed E-state index contributed by atoms with van der Waals surface area (Å²) in [5, 5.41) is 2.76. The number of carbonyl (C=O) groups excluding carboxylic acids is 3. The van der Waals surface area contributed by atoms with E-state index in [1.54, 1.807) is 36.0 Å². The van der Waals surface area contributed by atoms with Crippen molar-refractivity contribution >= 4 is 29.5 Å². The summed E-state index contributed by atoms with van der Waals surface area (Å²) in [6.45, 7) is 0.259. The predicted molar refractivity (Wildman–Crippen MR) is 97.4 cm³/mol. The summed E-state index contributed by atoms with van der Waals surface area (Å²) in [4.78, 5) is 37.4. The number of imide groups is 1. The predicted octanol–water partition coefficient (Wildman–Crippen LogP) is 2.33. The van der Waals surface area contributed by atoms with Crippen LogP contribution in [0.3, 0.4) is 0 Å². The van der Waals surface area contributed by atoms with E-state index in [1.807, 2.05) is 18.2 Å². The third-order valence-corrected chi connectivity index (χ3v) is 4.89. The molecule has 1 heterocycles. The van der Waals surface area contributed by atoms with E-state index in [1.165, 1.54) is 5.56 Å². The minimum atomic E-state index is -0.408. The summed E-state index contributed by atoms with van der Waals surface area (Å²) >= 11 is 1.72. The van der Waals surface area contributed by atoms with Gasteiger partial charge in [-0.05, 0) is 17.7 Å². The average molecular weight is 354 g/mol. The third kappa shape index (κ3) is 4.09. The fourth-order valence-corrected chi connectivity index (χ4v) is 3.43. The zero-order chi connectivity index (χ0) is 17.6. The molecule has 3 rings (SSSR count). The van der Waals surface area contributed by atoms with Crippen LogP contribution in [0.25, 0.3) is 0 Å². The summed E-state index contributed by atoms with van der Waals surface area (Å²) in [6, 6.07) is 16.7. The second-order valence-corrected chi connectivity index (χ2v) is 6.74. The Morgan fingerprint density at radius 1 is 0.920 bits per heavy atom. The van der Waals surface area contributed by atoms with Crippen molar-refractivity contribution in [3.05, 3.63) is 71.3 Å². The molecular formula is C19H18N2O3S. The molecule has 0 aliphatic carbocycles. The summed E-state index contributed by atoms with van der Waals surface area (Å²) in [5.74, 6) is 0.510. The number of benzene rings is 2. The van der Waals surface area contributed by atoms with Crippen LogP contribution < -0.4 is 5.32 Å². The molecule has 2 aromatic rings. The average Bonchev–Trinajstić information content (AvgIpc) is 2.88.